The smallest absolute Gasteiger partial charge is 0.462 e. The maximum Gasteiger partial charge on any atom is 0.472 e. The van der Waals surface area contributed by atoms with Gasteiger partial charge < -0.3 is 33.8 Å². The van der Waals surface area contributed by atoms with Crippen LogP contribution in [0.3, 0.4) is 0 Å². The lowest BCUT2D eigenvalue weighted by atomic mass is 10.00. The highest BCUT2D eigenvalue weighted by atomic mass is 31.2. The summed E-state index contributed by atoms with van der Waals surface area (Å²) in [7, 11) is -9.90. The molecule has 3 unspecified atom stereocenters. The number of hydrogen-bond donors (Lipinski definition) is 3. The van der Waals surface area contributed by atoms with E-state index in [1.165, 1.54) is 193 Å². The molecule has 0 spiro atoms. The third-order valence-electron chi connectivity index (χ3n) is 17.6. The first kappa shape index (κ1) is 91.1. The molecule has 0 heterocycles. The fourth-order valence-electron chi connectivity index (χ4n) is 11.3. The van der Waals surface area contributed by atoms with E-state index in [2.05, 4.69) is 41.5 Å². The average Bonchev–Trinajstić information content (AvgIpc) is 2.12. The van der Waals surface area contributed by atoms with Crippen molar-refractivity contribution >= 4 is 39.5 Å². The van der Waals surface area contributed by atoms with Gasteiger partial charge in [0.1, 0.15) is 19.3 Å². The van der Waals surface area contributed by atoms with Crippen LogP contribution in [-0.4, -0.2) is 96.7 Å². The monoisotopic (exact) mass is 1370 g/mol. The fraction of sp³-hybridized carbons (Fsp3) is 0.946. The normalized spacial score (nSPS) is 14.3. The molecule has 552 valence electrons. The second-order valence-electron chi connectivity index (χ2n) is 27.4. The van der Waals surface area contributed by atoms with Gasteiger partial charge in [0.05, 0.1) is 26.4 Å². The number of ether oxygens (including phenoxy) is 4. The molecule has 0 saturated carbocycles. The van der Waals surface area contributed by atoms with Crippen molar-refractivity contribution in [3.8, 4) is 0 Å². The minimum atomic E-state index is -4.96. The van der Waals surface area contributed by atoms with Crippen molar-refractivity contribution in [2.24, 2.45) is 11.8 Å². The predicted molar refractivity (Wildman–Crippen MR) is 377 cm³/mol. The summed E-state index contributed by atoms with van der Waals surface area (Å²) in [5.41, 5.74) is 0. The molecule has 0 amide bonds. The van der Waals surface area contributed by atoms with E-state index >= 15 is 0 Å². The van der Waals surface area contributed by atoms with Crippen LogP contribution in [0.15, 0.2) is 0 Å². The Kier molecular flexibility index (Phi) is 64.6. The number of unbranched alkanes of at least 4 members (excludes halogenated alkanes) is 42. The summed E-state index contributed by atoms with van der Waals surface area (Å²) >= 11 is 0. The Labute approximate surface area is 568 Å². The van der Waals surface area contributed by atoms with Gasteiger partial charge in [-0.1, -0.05) is 330 Å². The van der Waals surface area contributed by atoms with Crippen molar-refractivity contribution in [2.45, 2.75) is 400 Å². The number of aliphatic hydroxyl groups excluding tert-OH is 1. The quantitative estimate of drug-likeness (QED) is 0.0222. The molecular weight excluding hydrogens is 1220 g/mol. The molecule has 0 aliphatic rings. The maximum absolute atomic E-state index is 13.1. The number of aliphatic hydroxyl groups is 1. The Morgan fingerprint density at radius 1 is 0.312 bits per heavy atom. The van der Waals surface area contributed by atoms with Gasteiger partial charge in [-0.2, -0.15) is 0 Å². The molecule has 0 saturated heterocycles. The zero-order valence-corrected chi connectivity index (χ0v) is 62.3. The first-order chi connectivity index (χ1) is 44.9. The highest BCUT2D eigenvalue weighted by Gasteiger charge is 2.30. The van der Waals surface area contributed by atoms with Gasteiger partial charge in [-0.3, -0.25) is 37.3 Å². The molecule has 19 heteroatoms. The molecular formula is C74H144O17P2. The molecule has 0 rings (SSSR count). The molecule has 0 aromatic rings. The van der Waals surface area contributed by atoms with Crippen LogP contribution in [0.2, 0.25) is 0 Å². The topological polar surface area (TPSA) is 237 Å². The lowest BCUT2D eigenvalue weighted by Gasteiger charge is -2.21. The summed E-state index contributed by atoms with van der Waals surface area (Å²) in [6.07, 6.45) is 53.0. The number of esters is 4. The largest absolute Gasteiger partial charge is 0.472 e. The maximum atomic E-state index is 13.1. The van der Waals surface area contributed by atoms with Gasteiger partial charge in [-0.25, -0.2) is 9.13 Å². The number of rotatable bonds is 73. The first-order valence-electron chi connectivity index (χ1n) is 38.5. The van der Waals surface area contributed by atoms with Crippen molar-refractivity contribution in [3.05, 3.63) is 0 Å². The lowest BCUT2D eigenvalue weighted by molar-refractivity contribution is -0.161. The van der Waals surface area contributed by atoms with Crippen molar-refractivity contribution in [2.75, 3.05) is 39.6 Å². The van der Waals surface area contributed by atoms with Crippen molar-refractivity contribution in [3.63, 3.8) is 0 Å². The van der Waals surface area contributed by atoms with Crippen molar-refractivity contribution in [1.82, 2.24) is 0 Å². The molecule has 3 N–H and O–H groups in total. The van der Waals surface area contributed by atoms with Crippen molar-refractivity contribution < 1.29 is 80.2 Å². The molecule has 93 heavy (non-hydrogen) atoms. The molecule has 0 fully saturated rings. The molecule has 0 aliphatic carbocycles. The van der Waals surface area contributed by atoms with Crippen LogP contribution in [0.5, 0.6) is 0 Å². The summed E-state index contributed by atoms with van der Waals surface area (Å²) in [5.74, 6) is -0.622. The van der Waals surface area contributed by atoms with Crippen LogP contribution >= 0.6 is 15.6 Å². The molecule has 0 aromatic carbocycles. The minimum Gasteiger partial charge on any atom is -0.462 e. The second kappa shape index (κ2) is 66.0. The van der Waals surface area contributed by atoms with Gasteiger partial charge in [0, 0.05) is 25.7 Å². The van der Waals surface area contributed by atoms with Gasteiger partial charge in [0.25, 0.3) is 0 Å². The van der Waals surface area contributed by atoms with Crippen LogP contribution in [0, 0.1) is 11.8 Å². The van der Waals surface area contributed by atoms with E-state index in [0.717, 1.165) is 108 Å². The van der Waals surface area contributed by atoms with E-state index in [1.54, 1.807) is 0 Å². The lowest BCUT2D eigenvalue weighted by Crippen LogP contribution is -2.30. The Morgan fingerprint density at radius 3 is 0.817 bits per heavy atom. The molecule has 0 bridgehead atoms. The van der Waals surface area contributed by atoms with Gasteiger partial charge in [-0.15, -0.1) is 0 Å². The van der Waals surface area contributed by atoms with E-state index in [-0.39, 0.29) is 25.7 Å². The van der Waals surface area contributed by atoms with Crippen molar-refractivity contribution in [1.29, 1.82) is 0 Å². The van der Waals surface area contributed by atoms with Crippen LogP contribution in [-0.2, 0) is 65.4 Å². The van der Waals surface area contributed by atoms with E-state index in [0.29, 0.717) is 25.7 Å². The van der Waals surface area contributed by atoms with Gasteiger partial charge in [0.2, 0.25) is 0 Å². The van der Waals surface area contributed by atoms with Crippen LogP contribution in [0.1, 0.15) is 382 Å². The van der Waals surface area contributed by atoms with Crippen LogP contribution in [0.4, 0.5) is 0 Å². The minimum absolute atomic E-state index is 0.103. The summed E-state index contributed by atoms with van der Waals surface area (Å²) in [4.78, 5) is 72.6. The molecule has 6 atom stereocenters. The SMILES string of the molecule is CCCCCCCCCCCCCCCCCCCCCCC(=O)O[C@H](COC(=O)CCCCCCCCCCCCCCC(C)C)COP(=O)(O)OC[C@@H](O)COP(=O)(O)OC[C@@H](COC(=O)CCCCCCCCCC)OC(=O)CCCCCCCCC(C)CC. The summed E-state index contributed by atoms with van der Waals surface area (Å²) < 4.78 is 68.3. The number of carbonyl (C=O) groups is 4. The Bertz CT molecular complexity index is 1810. The summed E-state index contributed by atoms with van der Waals surface area (Å²) in [6.45, 7) is 9.51. The number of carbonyl (C=O) groups excluding carboxylic acids is 4. The molecule has 0 aromatic heterocycles. The third kappa shape index (κ3) is 67.0. The Hall–Kier alpha value is -1.94. The highest BCUT2D eigenvalue weighted by molar-refractivity contribution is 7.47. The Balaban J connectivity index is 5.19. The number of hydrogen-bond acceptors (Lipinski definition) is 15. The Morgan fingerprint density at radius 2 is 0.548 bits per heavy atom. The molecule has 0 aliphatic heterocycles. The molecule has 17 nitrogen and oxygen atoms in total. The van der Waals surface area contributed by atoms with Gasteiger partial charge in [-0.05, 0) is 37.5 Å². The average molecular weight is 1370 g/mol. The molecule has 0 radical (unpaired) electrons. The van der Waals surface area contributed by atoms with E-state index in [4.69, 9.17) is 37.0 Å². The zero-order chi connectivity index (χ0) is 68.6. The summed E-state index contributed by atoms with van der Waals surface area (Å²) in [6, 6.07) is 0. The highest BCUT2D eigenvalue weighted by Crippen LogP contribution is 2.45. The number of phosphoric acid groups is 2. The zero-order valence-electron chi connectivity index (χ0n) is 60.6. The van der Waals surface area contributed by atoms with E-state index in [9.17, 15) is 43.2 Å². The fourth-order valence-corrected chi connectivity index (χ4v) is 12.8. The second-order valence-corrected chi connectivity index (χ2v) is 30.3. The summed E-state index contributed by atoms with van der Waals surface area (Å²) in [5, 5.41) is 10.6. The number of phosphoric ester groups is 2. The van der Waals surface area contributed by atoms with Gasteiger partial charge >= 0.3 is 39.5 Å². The van der Waals surface area contributed by atoms with E-state index < -0.39 is 97.5 Å². The third-order valence-corrected chi connectivity index (χ3v) is 19.5. The van der Waals surface area contributed by atoms with Crippen LogP contribution in [0.25, 0.3) is 0 Å². The van der Waals surface area contributed by atoms with Crippen LogP contribution < -0.4 is 0 Å². The first-order valence-corrected chi connectivity index (χ1v) is 41.5. The standard InChI is InChI=1S/C74H144O17P2/c1-7-10-12-14-16-18-19-20-21-22-23-24-25-26-27-32-35-39-46-52-58-73(78)90-69(62-85-72(77)57-51-45-38-34-31-29-28-30-33-36-42-48-54-66(4)5)64-88-92(80,81)86-60-68(75)61-87-93(82,83)89-65-70(63-84-71(76)56-50-44-37-17-15-13-11-8-2)91-74(79)59-53-47-41-40-43-49-55-67(6)9-3/h66-70,75H,7-65H2,1-6H3,(H,80,81)(H,82,83)/t67?,68-,69-,70-/m1/s1. The van der Waals surface area contributed by atoms with E-state index in [1.807, 2.05) is 0 Å². The predicted octanol–water partition coefficient (Wildman–Crippen LogP) is 21.6. The van der Waals surface area contributed by atoms with Gasteiger partial charge in [0.15, 0.2) is 12.2 Å².